The Morgan fingerprint density at radius 3 is 2.45 bits per heavy atom. The third kappa shape index (κ3) is 4.55. The SMILES string of the molecule is [2H]N[C@@H](Cc1cnc[nH]1)C(=O)C(O)[C@@H](O)[C@@H](O)[C@H](O)[C@H](O)CO. The lowest BCUT2D eigenvalue weighted by atomic mass is 9.93. The summed E-state index contributed by atoms with van der Waals surface area (Å²) in [4.78, 5) is 18.5. The quantitative estimate of drug-likeness (QED) is 0.210. The predicted octanol–water partition coefficient (Wildman–Crippen LogP) is -4.35. The first-order valence-corrected chi connectivity index (χ1v) is 6.52. The van der Waals surface area contributed by atoms with Gasteiger partial charge in [-0.3, -0.25) is 4.79 Å². The van der Waals surface area contributed by atoms with Crippen molar-refractivity contribution in [2.45, 2.75) is 43.0 Å². The Hall–Kier alpha value is -1.40. The molecule has 1 heterocycles. The lowest BCUT2D eigenvalue weighted by Crippen LogP contribution is -2.54. The van der Waals surface area contributed by atoms with Crippen molar-refractivity contribution in [3.8, 4) is 0 Å². The molecule has 0 aliphatic carbocycles. The lowest BCUT2D eigenvalue weighted by molar-refractivity contribution is -0.156. The van der Waals surface area contributed by atoms with Crippen LogP contribution in [0, 0.1) is 0 Å². The van der Waals surface area contributed by atoms with Crippen LogP contribution in [0.15, 0.2) is 12.5 Å². The predicted molar refractivity (Wildman–Crippen MR) is 72.4 cm³/mol. The molecular formula is C12H21N3O7. The van der Waals surface area contributed by atoms with Gasteiger partial charge in [0.05, 0.1) is 19.0 Å². The van der Waals surface area contributed by atoms with E-state index in [9.17, 15) is 30.3 Å². The third-order valence-electron chi connectivity index (χ3n) is 3.22. The zero-order chi connectivity index (χ0) is 17.6. The van der Waals surface area contributed by atoms with Crippen molar-refractivity contribution in [2.24, 2.45) is 5.73 Å². The van der Waals surface area contributed by atoms with Gasteiger partial charge >= 0.3 is 0 Å². The van der Waals surface area contributed by atoms with E-state index < -0.39 is 49.0 Å². The number of H-pyrrole nitrogens is 1. The normalized spacial score (nSPS) is 20.5. The second-order valence-electron chi connectivity index (χ2n) is 4.90. The summed E-state index contributed by atoms with van der Waals surface area (Å²) < 4.78 is 7.13. The number of Topliss-reactive ketones (excluding diaryl/α,β-unsaturated/α-hetero) is 1. The van der Waals surface area contributed by atoms with E-state index in [1.165, 1.54) is 12.5 Å². The van der Waals surface area contributed by atoms with E-state index in [2.05, 4.69) is 9.97 Å². The van der Waals surface area contributed by atoms with Crippen LogP contribution >= 0.6 is 0 Å². The second-order valence-corrected chi connectivity index (χ2v) is 4.90. The number of aromatic nitrogens is 2. The molecule has 6 atom stereocenters. The molecule has 9 N–H and O–H groups in total. The number of aliphatic hydroxyl groups excluding tert-OH is 6. The number of hydrogen-bond acceptors (Lipinski definition) is 9. The summed E-state index contributed by atoms with van der Waals surface area (Å²) in [7, 11) is 0. The number of nitrogens with two attached hydrogens (primary N) is 1. The number of rotatable bonds is 10. The number of hydrogen-bond donors (Lipinski definition) is 8. The van der Waals surface area contributed by atoms with Gasteiger partial charge < -0.3 is 41.3 Å². The molecule has 10 heteroatoms. The van der Waals surface area contributed by atoms with Crippen molar-refractivity contribution in [2.75, 3.05) is 6.61 Å². The highest BCUT2D eigenvalue weighted by molar-refractivity contribution is 5.88. The first-order valence-electron chi connectivity index (χ1n) is 7.02. The molecule has 0 radical (unpaired) electrons. The molecule has 0 aromatic carbocycles. The Kier molecular flexibility index (Phi) is 6.39. The molecule has 1 aromatic heterocycles. The van der Waals surface area contributed by atoms with E-state index in [1.54, 1.807) is 0 Å². The van der Waals surface area contributed by atoms with Gasteiger partial charge in [0.25, 0.3) is 0 Å². The highest BCUT2D eigenvalue weighted by atomic mass is 16.4. The van der Waals surface area contributed by atoms with E-state index >= 15 is 0 Å². The number of aromatic amines is 1. The van der Waals surface area contributed by atoms with Crippen molar-refractivity contribution in [1.29, 1.82) is 0 Å². The van der Waals surface area contributed by atoms with Crippen molar-refractivity contribution < 1.29 is 36.8 Å². The molecule has 22 heavy (non-hydrogen) atoms. The molecule has 0 bridgehead atoms. The molecule has 1 unspecified atom stereocenters. The molecule has 0 saturated carbocycles. The maximum absolute atomic E-state index is 12.1. The lowest BCUT2D eigenvalue weighted by Gasteiger charge is -2.28. The van der Waals surface area contributed by atoms with E-state index in [0.717, 1.165) is 0 Å². The van der Waals surface area contributed by atoms with Gasteiger partial charge in [0, 0.05) is 18.3 Å². The molecule has 1 rings (SSSR count). The average Bonchev–Trinajstić information content (AvgIpc) is 3.08. The van der Waals surface area contributed by atoms with Crippen LogP contribution in [-0.2, 0) is 11.2 Å². The topological polar surface area (TPSA) is 193 Å². The Labute approximate surface area is 127 Å². The van der Waals surface area contributed by atoms with E-state index in [1.807, 2.05) is 5.73 Å². The second kappa shape index (κ2) is 8.29. The smallest absolute Gasteiger partial charge is 0.181 e. The molecule has 0 amide bonds. The van der Waals surface area contributed by atoms with Gasteiger partial charge in [-0.1, -0.05) is 0 Å². The highest BCUT2D eigenvalue weighted by Gasteiger charge is 2.38. The van der Waals surface area contributed by atoms with Crippen LogP contribution in [0.2, 0.25) is 1.41 Å². The average molecular weight is 320 g/mol. The zero-order valence-corrected chi connectivity index (χ0v) is 11.6. The molecule has 0 fully saturated rings. The number of aliphatic hydroxyl groups is 6. The maximum atomic E-state index is 12.1. The minimum absolute atomic E-state index is 0.0238. The summed E-state index contributed by atoms with van der Waals surface area (Å²) in [5, 5.41) is 56.6. The van der Waals surface area contributed by atoms with E-state index in [-0.39, 0.29) is 6.42 Å². The number of imidazole rings is 1. The van der Waals surface area contributed by atoms with Crippen molar-refractivity contribution in [1.82, 2.24) is 9.97 Å². The van der Waals surface area contributed by atoms with Crippen molar-refractivity contribution >= 4 is 5.78 Å². The molecule has 0 saturated heterocycles. The van der Waals surface area contributed by atoms with Crippen LogP contribution in [0.4, 0.5) is 0 Å². The van der Waals surface area contributed by atoms with Crippen LogP contribution in [0.25, 0.3) is 0 Å². The number of carbonyl (C=O) groups is 1. The highest BCUT2D eigenvalue weighted by Crippen LogP contribution is 2.11. The maximum Gasteiger partial charge on any atom is 0.181 e. The van der Waals surface area contributed by atoms with E-state index in [0.29, 0.717) is 5.69 Å². The summed E-state index contributed by atoms with van der Waals surface area (Å²) in [6.45, 7) is -0.883. The molecule has 0 aliphatic rings. The van der Waals surface area contributed by atoms with Gasteiger partial charge in [0.2, 0.25) is 0 Å². The third-order valence-corrected chi connectivity index (χ3v) is 3.22. The van der Waals surface area contributed by atoms with Gasteiger partial charge in [-0.05, 0) is 0 Å². The van der Waals surface area contributed by atoms with Crippen molar-refractivity contribution in [3.05, 3.63) is 18.2 Å². The largest absolute Gasteiger partial charge is 0.394 e. The van der Waals surface area contributed by atoms with Gasteiger partial charge in [-0.25, -0.2) is 4.98 Å². The number of ketones is 1. The molecule has 1 aromatic rings. The van der Waals surface area contributed by atoms with Crippen LogP contribution in [0.5, 0.6) is 0 Å². The Morgan fingerprint density at radius 1 is 1.27 bits per heavy atom. The summed E-state index contributed by atoms with van der Waals surface area (Å²) in [6, 6.07) is -1.20. The minimum Gasteiger partial charge on any atom is -0.394 e. The molecular weight excluding hydrogens is 298 g/mol. The standard InChI is InChI=1S/C12H21N3O7/c13-6(1-5-2-14-4-15-5)8(18)10(20)12(22)11(21)9(19)7(17)3-16/h2,4,6-7,9-12,16-17,19-22H,1,3,13H2,(H,14,15)/t6-,7+,9+,10?,11-,12+/m0/s1/i/hD. The van der Waals surface area contributed by atoms with Gasteiger partial charge in [-0.2, -0.15) is 0 Å². The fraction of sp³-hybridized carbons (Fsp3) is 0.667. The number of nitrogens with zero attached hydrogens (tertiary/aromatic N) is 1. The minimum atomic E-state index is -2.11. The monoisotopic (exact) mass is 320 g/mol. The number of carbonyl (C=O) groups excluding carboxylic acids is 1. The van der Waals surface area contributed by atoms with Crippen LogP contribution in [0.1, 0.15) is 5.69 Å². The first-order chi connectivity index (χ1) is 10.8. The van der Waals surface area contributed by atoms with Crippen LogP contribution in [-0.4, -0.2) is 89.6 Å². The summed E-state index contributed by atoms with van der Waals surface area (Å²) in [5.74, 6) is -0.994. The molecule has 126 valence electrons. The fourth-order valence-electron chi connectivity index (χ4n) is 1.82. The van der Waals surface area contributed by atoms with E-state index in [4.69, 9.17) is 6.52 Å². The Balaban J connectivity index is 2.72. The first kappa shape index (κ1) is 17.0. The molecule has 0 spiro atoms. The van der Waals surface area contributed by atoms with Gasteiger partial charge in [-0.15, -0.1) is 0 Å². The van der Waals surface area contributed by atoms with Gasteiger partial charge in [0.15, 0.2) is 5.78 Å². The summed E-state index contributed by atoms with van der Waals surface area (Å²) >= 11 is 0. The number of nitrogens with one attached hydrogen (secondary N) is 1. The summed E-state index contributed by atoms with van der Waals surface area (Å²) in [6.07, 6.45) is -7.27. The Morgan fingerprint density at radius 2 is 1.95 bits per heavy atom. The molecule has 10 nitrogen and oxygen atoms in total. The zero-order valence-electron chi connectivity index (χ0n) is 12.6. The van der Waals surface area contributed by atoms with Gasteiger partial charge in [0.1, 0.15) is 31.9 Å². The van der Waals surface area contributed by atoms with Crippen LogP contribution < -0.4 is 5.73 Å². The molecule has 0 aliphatic heterocycles. The summed E-state index contributed by atoms with van der Waals surface area (Å²) in [5.41, 5.74) is 2.43. The Bertz CT molecular complexity index is 475. The van der Waals surface area contributed by atoms with Crippen molar-refractivity contribution in [3.63, 3.8) is 0 Å². The van der Waals surface area contributed by atoms with Crippen LogP contribution in [0.3, 0.4) is 0 Å². The fourth-order valence-corrected chi connectivity index (χ4v) is 1.82.